The summed E-state index contributed by atoms with van der Waals surface area (Å²) in [6.07, 6.45) is 1.66. The van der Waals surface area contributed by atoms with Crippen LogP contribution < -0.4 is 11.1 Å². The average molecular weight is 251 g/mol. The maximum Gasteiger partial charge on any atom is 0.122 e. The fraction of sp³-hybridized carbons (Fsp3) is 0.231. The molecule has 0 radical (unpaired) electrons. The van der Waals surface area contributed by atoms with E-state index in [2.05, 4.69) is 5.32 Å². The van der Waals surface area contributed by atoms with Crippen molar-refractivity contribution in [3.63, 3.8) is 0 Å². The molecule has 1 aromatic carbocycles. The van der Waals surface area contributed by atoms with E-state index in [0.29, 0.717) is 17.3 Å². The summed E-state index contributed by atoms with van der Waals surface area (Å²) >= 11 is 6.06. The molecule has 0 unspecified atom stereocenters. The molecule has 17 heavy (non-hydrogen) atoms. The van der Waals surface area contributed by atoms with Gasteiger partial charge >= 0.3 is 0 Å². The summed E-state index contributed by atoms with van der Waals surface area (Å²) in [7, 11) is 0. The summed E-state index contributed by atoms with van der Waals surface area (Å²) in [5.41, 5.74) is 9.62. The number of nitrogen functional groups attached to an aromatic ring is 1. The molecule has 0 atom stereocenters. The molecule has 2 aromatic rings. The third-order valence-electron chi connectivity index (χ3n) is 2.93. The molecular formula is C13H15ClN2O. The monoisotopic (exact) mass is 250 g/mol. The molecule has 0 fully saturated rings. The molecule has 2 rings (SSSR count). The van der Waals surface area contributed by atoms with Gasteiger partial charge in [-0.05, 0) is 43.2 Å². The van der Waals surface area contributed by atoms with Crippen LogP contribution in [0.5, 0.6) is 0 Å². The van der Waals surface area contributed by atoms with Crippen molar-refractivity contribution in [1.82, 2.24) is 0 Å². The van der Waals surface area contributed by atoms with Crippen molar-refractivity contribution >= 4 is 23.0 Å². The molecule has 0 spiro atoms. The number of furan rings is 1. The van der Waals surface area contributed by atoms with E-state index in [0.717, 1.165) is 22.6 Å². The maximum atomic E-state index is 6.06. The minimum atomic E-state index is 0.579. The molecule has 90 valence electrons. The van der Waals surface area contributed by atoms with Crippen molar-refractivity contribution in [2.45, 2.75) is 20.4 Å². The Hall–Kier alpha value is -1.61. The van der Waals surface area contributed by atoms with Gasteiger partial charge in [-0.15, -0.1) is 0 Å². The molecule has 0 aliphatic carbocycles. The van der Waals surface area contributed by atoms with E-state index < -0.39 is 0 Å². The van der Waals surface area contributed by atoms with Gasteiger partial charge in [-0.2, -0.15) is 0 Å². The zero-order valence-electron chi connectivity index (χ0n) is 9.88. The first-order valence-electron chi connectivity index (χ1n) is 5.41. The first-order valence-corrected chi connectivity index (χ1v) is 5.79. The lowest BCUT2D eigenvalue weighted by Crippen LogP contribution is -2.03. The Kier molecular flexibility index (Phi) is 3.29. The summed E-state index contributed by atoms with van der Waals surface area (Å²) < 4.78 is 5.26. The molecule has 3 N–H and O–H groups in total. The lowest BCUT2D eigenvalue weighted by Gasteiger charge is -2.14. The number of rotatable bonds is 3. The van der Waals surface area contributed by atoms with Gasteiger partial charge in [0.1, 0.15) is 5.76 Å². The number of hydrogen-bond donors (Lipinski definition) is 2. The third kappa shape index (κ3) is 2.39. The van der Waals surface area contributed by atoms with Gasteiger partial charge in [-0.25, -0.2) is 0 Å². The second-order valence-electron chi connectivity index (χ2n) is 4.00. The van der Waals surface area contributed by atoms with E-state index in [1.165, 1.54) is 0 Å². The molecule has 0 aliphatic rings. The van der Waals surface area contributed by atoms with E-state index in [-0.39, 0.29) is 0 Å². The molecule has 3 nitrogen and oxygen atoms in total. The minimum absolute atomic E-state index is 0.579. The van der Waals surface area contributed by atoms with Crippen LogP contribution in [0.4, 0.5) is 11.4 Å². The second-order valence-corrected chi connectivity index (χ2v) is 4.41. The maximum absolute atomic E-state index is 6.06. The van der Waals surface area contributed by atoms with Crippen LogP contribution in [0.15, 0.2) is 28.9 Å². The van der Waals surface area contributed by atoms with Crippen LogP contribution in [0.2, 0.25) is 5.02 Å². The van der Waals surface area contributed by atoms with Gasteiger partial charge in [0, 0.05) is 5.69 Å². The molecule has 1 aromatic heterocycles. The highest BCUT2D eigenvalue weighted by molar-refractivity contribution is 6.33. The van der Waals surface area contributed by atoms with Crippen LogP contribution in [0.1, 0.15) is 16.9 Å². The first kappa shape index (κ1) is 11.9. The minimum Gasteiger partial charge on any atom is -0.467 e. The van der Waals surface area contributed by atoms with Crippen molar-refractivity contribution in [3.05, 3.63) is 46.4 Å². The third-order valence-corrected chi connectivity index (χ3v) is 3.24. The van der Waals surface area contributed by atoms with Gasteiger partial charge in [0.25, 0.3) is 0 Å². The quantitative estimate of drug-likeness (QED) is 0.816. The summed E-state index contributed by atoms with van der Waals surface area (Å²) in [5, 5.41) is 3.87. The molecule has 0 amide bonds. The van der Waals surface area contributed by atoms with Crippen molar-refractivity contribution in [2.24, 2.45) is 0 Å². The standard InChI is InChI=1S/C13H15ClN2O/c1-8-9(2)13(15)11(14)6-12(8)16-7-10-4-3-5-17-10/h3-6,16H,7,15H2,1-2H3. The van der Waals surface area contributed by atoms with Crippen molar-refractivity contribution in [3.8, 4) is 0 Å². The van der Waals surface area contributed by atoms with E-state index in [1.807, 2.05) is 32.0 Å². The van der Waals surface area contributed by atoms with Gasteiger partial charge in [-0.1, -0.05) is 11.6 Å². The number of nitrogens with one attached hydrogen (secondary N) is 1. The Morgan fingerprint density at radius 2 is 2.12 bits per heavy atom. The van der Waals surface area contributed by atoms with Gasteiger partial charge in [0.2, 0.25) is 0 Å². The van der Waals surface area contributed by atoms with Crippen LogP contribution in [0.25, 0.3) is 0 Å². The van der Waals surface area contributed by atoms with Crippen molar-refractivity contribution in [2.75, 3.05) is 11.1 Å². The van der Waals surface area contributed by atoms with E-state index in [9.17, 15) is 0 Å². The van der Waals surface area contributed by atoms with Crippen LogP contribution in [-0.2, 0) is 6.54 Å². The Morgan fingerprint density at radius 3 is 2.76 bits per heavy atom. The molecule has 0 aliphatic heterocycles. The highest BCUT2D eigenvalue weighted by Gasteiger charge is 2.08. The molecule has 4 heteroatoms. The van der Waals surface area contributed by atoms with Crippen molar-refractivity contribution < 1.29 is 4.42 Å². The van der Waals surface area contributed by atoms with Crippen LogP contribution in [-0.4, -0.2) is 0 Å². The predicted octanol–water partition coefficient (Wildman–Crippen LogP) is 3.74. The number of anilines is 2. The second kappa shape index (κ2) is 4.72. The van der Waals surface area contributed by atoms with Gasteiger partial charge in [-0.3, -0.25) is 0 Å². The summed E-state index contributed by atoms with van der Waals surface area (Å²) in [4.78, 5) is 0. The van der Waals surface area contributed by atoms with E-state index in [4.69, 9.17) is 21.8 Å². The largest absolute Gasteiger partial charge is 0.467 e. The summed E-state index contributed by atoms with van der Waals surface area (Å²) in [6, 6.07) is 5.64. The lowest BCUT2D eigenvalue weighted by molar-refractivity contribution is 0.518. The lowest BCUT2D eigenvalue weighted by atomic mass is 10.1. The average Bonchev–Trinajstić information content (AvgIpc) is 2.82. The fourth-order valence-electron chi connectivity index (χ4n) is 1.67. The Bertz CT molecular complexity index is 521. The van der Waals surface area contributed by atoms with Crippen molar-refractivity contribution in [1.29, 1.82) is 0 Å². The number of benzene rings is 1. The molecular weight excluding hydrogens is 236 g/mol. The smallest absolute Gasteiger partial charge is 0.122 e. The Balaban J connectivity index is 2.22. The topological polar surface area (TPSA) is 51.2 Å². The molecule has 1 heterocycles. The Morgan fingerprint density at radius 1 is 1.35 bits per heavy atom. The predicted molar refractivity (Wildman–Crippen MR) is 71.4 cm³/mol. The summed E-state index contributed by atoms with van der Waals surface area (Å²) in [6.45, 7) is 4.62. The van der Waals surface area contributed by atoms with Crippen LogP contribution in [0, 0.1) is 13.8 Å². The molecule has 0 saturated heterocycles. The van der Waals surface area contributed by atoms with Gasteiger partial charge < -0.3 is 15.5 Å². The number of halogens is 1. The SMILES string of the molecule is Cc1c(NCc2ccco2)cc(Cl)c(N)c1C. The normalized spacial score (nSPS) is 10.5. The highest BCUT2D eigenvalue weighted by Crippen LogP contribution is 2.31. The Labute approximate surface area is 106 Å². The number of hydrogen-bond acceptors (Lipinski definition) is 3. The van der Waals surface area contributed by atoms with Gasteiger partial charge in [0.05, 0.1) is 23.5 Å². The van der Waals surface area contributed by atoms with Crippen LogP contribution in [0.3, 0.4) is 0 Å². The molecule has 0 bridgehead atoms. The van der Waals surface area contributed by atoms with E-state index >= 15 is 0 Å². The first-order chi connectivity index (χ1) is 8.09. The number of nitrogens with two attached hydrogens (primary N) is 1. The zero-order valence-corrected chi connectivity index (χ0v) is 10.6. The van der Waals surface area contributed by atoms with E-state index in [1.54, 1.807) is 6.26 Å². The highest BCUT2D eigenvalue weighted by atomic mass is 35.5. The van der Waals surface area contributed by atoms with Gasteiger partial charge in [0.15, 0.2) is 0 Å². The van der Waals surface area contributed by atoms with Crippen LogP contribution >= 0.6 is 11.6 Å². The fourth-order valence-corrected chi connectivity index (χ4v) is 1.93. The molecule has 0 saturated carbocycles. The summed E-state index contributed by atoms with van der Waals surface area (Å²) in [5.74, 6) is 0.884. The zero-order chi connectivity index (χ0) is 12.4.